The molecule has 0 saturated heterocycles. The van der Waals surface area contributed by atoms with E-state index in [4.69, 9.17) is 11.5 Å². The molecule has 132 valence electrons. The first kappa shape index (κ1) is 18.1. The molecular formula is C15H16FN5O4. The average Bonchev–Trinajstić information content (AvgIpc) is 2.56. The van der Waals surface area contributed by atoms with Crippen LogP contribution in [0.2, 0.25) is 0 Å². The number of hydrogen-bond donors (Lipinski definition) is 4. The summed E-state index contributed by atoms with van der Waals surface area (Å²) in [6.07, 6.45) is -1.04. The maximum atomic E-state index is 13.4. The van der Waals surface area contributed by atoms with E-state index in [0.29, 0.717) is 10.8 Å². The molecular weight excluding hydrogens is 333 g/mol. The third-order valence-electron chi connectivity index (χ3n) is 3.39. The summed E-state index contributed by atoms with van der Waals surface area (Å²) in [6, 6.07) is 7.84. The molecule has 0 fully saturated rings. The van der Waals surface area contributed by atoms with E-state index >= 15 is 0 Å². The summed E-state index contributed by atoms with van der Waals surface area (Å²) in [5, 5.41) is 2.18. The van der Waals surface area contributed by atoms with E-state index in [1.165, 1.54) is 0 Å². The van der Waals surface area contributed by atoms with Gasteiger partial charge in [-0.1, -0.05) is 30.3 Å². The van der Waals surface area contributed by atoms with E-state index in [0.717, 1.165) is 5.56 Å². The number of carbonyl (C=O) groups is 2. The third-order valence-corrected chi connectivity index (χ3v) is 3.39. The van der Waals surface area contributed by atoms with Crippen molar-refractivity contribution in [2.24, 2.45) is 11.5 Å². The summed E-state index contributed by atoms with van der Waals surface area (Å²) < 4.78 is 13.9. The van der Waals surface area contributed by atoms with Crippen LogP contribution in [0.25, 0.3) is 0 Å². The van der Waals surface area contributed by atoms with Gasteiger partial charge in [-0.05, 0) is 12.0 Å². The second-order valence-electron chi connectivity index (χ2n) is 5.25. The number of aromatic amines is 1. The predicted octanol–water partition coefficient (Wildman–Crippen LogP) is -1.65. The minimum absolute atomic E-state index is 0.174. The molecule has 1 heterocycles. The summed E-state index contributed by atoms with van der Waals surface area (Å²) in [7, 11) is 0. The van der Waals surface area contributed by atoms with Crippen molar-refractivity contribution in [1.82, 2.24) is 14.9 Å². The lowest BCUT2D eigenvalue weighted by Crippen LogP contribution is -2.51. The van der Waals surface area contributed by atoms with E-state index in [9.17, 15) is 23.6 Å². The number of primary amides is 1. The number of amides is 2. The summed E-state index contributed by atoms with van der Waals surface area (Å²) in [6.45, 7) is 0. The van der Waals surface area contributed by atoms with Gasteiger partial charge in [0.25, 0.3) is 11.5 Å². The van der Waals surface area contributed by atoms with Gasteiger partial charge in [-0.3, -0.25) is 23.9 Å². The highest BCUT2D eigenvalue weighted by Crippen LogP contribution is 2.04. The van der Waals surface area contributed by atoms with Gasteiger partial charge in [-0.15, -0.1) is 0 Å². The van der Waals surface area contributed by atoms with Gasteiger partial charge < -0.3 is 16.8 Å². The lowest BCUT2D eigenvalue weighted by molar-refractivity contribution is -0.130. The smallest absolute Gasteiger partial charge is 0.330 e. The van der Waals surface area contributed by atoms with Crippen LogP contribution in [-0.4, -0.2) is 27.4 Å². The zero-order valence-electron chi connectivity index (χ0n) is 12.9. The number of hydrogen-bond acceptors (Lipinski definition) is 5. The standard InChI is InChI=1S/C15H16FN5O4/c16-9-7-21(15(25)20-13(9)23)12(11(18)22)19-14(24)10(17)6-8-4-2-1-3-5-8/h1-5,7,10,12H,6,17H2,(H2,18,22)(H,19,24)(H,20,23,25)/t10-,12?/m0/s1. The van der Waals surface area contributed by atoms with Crippen LogP contribution in [0.5, 0.6) is 0 Å². The van der Waals surface area contributed by atoms with E-state index in [1.807, 2.05) is 0 Å². The molecule has 0 aliphatic rings. The Kier molecular flexibility index (Phi) is 5.45. The number of H-pyrrole nitrogens is 1. The van der Waals surface area contributed by atoms with Gasteiger partial charge in [0, 0.05) is 0 Å². The zero-order valence-corrected chi connectivity index (χ0v) is 12.9. The van der Waals surface area contributed by atoms with Gasteiger partial charge in [0.15, 0.2) is 6.17 Å². The molecule has 2 aromatic rings. The Morgan fingerprint density at radius 1 is 1.24 bits per heavy atom. The van der Waals surface area contributed by atoms with Crippen LogP contribution in [0, 0.1) is 5.82 Å². The highest BCUT2D eigenvalue weighted by molar-refractivity contribution is 5.87. The van der Waals surface area contributed by atoms with Crippen molar-refractivity contribution in [3.05, 3.63) is 68.7 Å². The van der Waals surface area contributed by atoms with Crippen molar-refractivity contribution in [2.75, 3.05) is 0 Å². The first-order valence-electron chi connectivity index (χ1n) is 7.19. The summed E-state index contributed by atoms with van der Waals surface area (Å²) >= 11 is 0. The Bertz CT molecular complexity index is 893. The Balaban J connectivity index is 2.20. The SMILES string of the molecule is NC(=O)C(NC(=O)[C@@H](N)Cc1ccccc1)n1cc(F)c(=O)[nH]c1=O. The van der Waals surface area contributed by atoms with Gasteiger partial charge in [-0.2, -0.15) is 4.39 Å². The van der Waals surface area contributed by atoms with Gasteiger partial charge in [-0.25, -0.2) is 4.79 Å². The first-order valence-corrected chi connectivity index (χ1v) is 7.19. The number of rotatable bonds is 6. The monoisotopic (exact) mass is 349 g/mol. The van der Waals surface area contributed by atoms with Crippen LogP contribution in [0.15, 0.2) is 46.1 Å². The van der Waals surface area contributed by atoms with Crippen LogP contribution >= 0.6 is 0 Å². The Morgan fingerprint density at radius 2 is 1.88 bits per heavy atom. The van der Waals surface area contributed by atoms with Crippen molar-refractivity contribution in [3.63, 3.8) is 0 Å². The quantitative estimate of drug-likeness (QED) is 0.492. The fourth-order valence-electron chi connectivity index (χ4n) is 2.13. The van der Waals surface area contributed by atoms with Crippen LogP contribution < -0.4 is 28.0 Å². The van der Waals surface area contributed by atoms with Crippen molar-refractivity contribution < 1.29 is 14.0 Å². The lowest BCUT2D eigenvalue weighted by Gasteiger charge is -2.20. The highest BCUT2D eigenvalue weighted by Gasteiger charge is 2.25. The molecule has 0 saturated carbocycles. The van der Waals surface area contributed by atoms with Crippen LogP contribution in [-0.2, 0) is 16.0 Å². The molecule has 0 spiro atoms. The predicted molar refractivity (Wildman–Crippen MR) is 85.8 cm³/mol. The van der Waals surface area contributed by atoms with Crippen molar-refractivity contribution in [3.8, 4) is 0 Å². The maximum Gasteiger partial charge on any atom is 0.330 e. The zero-order chi connectivity index (χ0) is 18.6. The Morgan fingerprint density at radius 3 is 2.48 bits per heavy atom. The summed E-state index contributed by atoms with van der Waals surface area (Å²) in [4.78, 5) is 48.2. The van der Waals surface area contributed by atoms with E-state index in [2.05, 4.69) is 5.32 Å². The normalized spacial score (nSPS) is 13.0. The van der Waals surface area contributed by atoms with Crippen molar-refractivity contribution in [1.29, 1.82) is 0 Å². The van der Waals surface area contributed by atoms with Crippen molar-refractivity contribution in [2.45, 2.75) is 18.6 Å². The minimum Gasteiger partial charge on any atom is -0.366 e. The lowest BCUT2D eigenvalue weighted by atomic mass is 10.1. The van der Waals surface area contributed by atoms with E-state index < -0.39 is 41.1 Å². The molecule has 2 rings (SSSR count). The third kappa shape index (κ3) is 4.38. The topological polar surface area (TPSA) is 153 Å². The first-order chi connectivity index (χ1) is 11.8. The second kappa shape index (κ2) is 7.53. The molecule has 10 heteroatoms. The number of halogens is 1. The number of benzene rings is 1. The molecule has 0 bridgehead atoms. The number of carbonyl (C=O) groups excluding carboxylic acids is 2. The molecule has 1 aromatic heterocycles. The van der Waals surface area contributed by atoms with Gasteiger partial charge in [0.1, 0.15) is 0 Å². The van der Waals surface area contributed by atoms with Gasteiger partial charge >= 0.3 is 5.69 Å². The highest BCUT2D eigenvalue weighted by atomic mass is 19.1. The molecule has 25 heavy (non-hydrogen) atoms. The number of nitrogens with one attached hydrogen (secondary N) is 2. The molecule has 9 nitrogen and oxygen atoms in total. The average molecular weight is 349 g/mol. The Labute approximate surface area is 140 Å². The van der Waals surface area contributed by atoms with Crippen LogP contribution in [0.3, 0.4) is 0 Å². The molecule has 1 aromatic carbocycles. The fourth-order valence-corrected chi connectivity index (χ4v) is 2.13. The second-order valence-corrected chi connectivity index (χ2v) is 5.25. The molecule has 6 N–H and O–H groups in total. The molecule has 2 amide bonds. The summed E-state index contributed by atoms with van der Waals surface area (Å²) in [5.41, 5.74) is 9.37. The minimum atomic E-state index is -1.70. The maximum absolute atomic E-state index is 13.4. The van der Waals surface area contributed by atoms with Crippen LogP contribution in [0.1, 0.15) is 11.7 Å². The van der Waals surface area contributed by atoms with Gasteiger partial charge in [0.05, 0.1) is 12.2 Å². The largest absolute Gasteiger partial charge is 0.366 e. The molecule has 0 aliphatic carbocycles. The van der Waals surface area contributed by atoms with Gasteiger partial charge in [0.2, 0.25) is 11.7 Å². The number of nitrogens with zero attached hydrogens (tertiary/aromatic N) is 1. The van der Waals surface area contributed by atoms with E-state index in [-0.39, 0.29) is 6.42 Å². The number of aromatic nitrogens is 2. The van der Waals surface area contributed by atoms with E-state index in [1.54, 1.807) is 35.3 Å². The Hall–Kier alpha value is -3.27. The fraction of sp³-hybridized carbons (Fsp3) is 0.200. The molecule has 2 atom stereocenters. The molecule has 1 unspecified atom stereocenters. The summed E-state index contributed by atoms with van der Waals surface area (Å²) in [5.74, 6) is -3.21. The van der Waals surface area contributed by atoms with Crippen LogP contribution in [0.4, 0.5) is 4.39 Å². The van der Waals surface area contributed by atoms with Crippen molar-refractivity contribution >= 4 is 11.8 Å². The number of nitrogens with two attached hydrogens (primary N) is 2. The molecule has 0 radical (unpaired) electrons. The molecule has 0 aliphatic heterocycles.